The maximum atomic E-state index is 12.6. The predicted octanol–water partition coefficient (Wildman–Crippen LogP) is 1.51. The first-order chi connectivity index (χ1) is 12.0. The number of likely N-dealkylation sites (tertiary alicyclic amines) is 1. The fraction of sp³-hybridized carbons (Fsp3) is 0.421. The zero-order valence-corrected chi connectivity index (χ0v) is 14.4. The monoisotopic (exact) mass is 341 g/mol. The summed E-state index contributed by atoms with van der Waals surface area (Å²) in [5, 5.41) is 0. The van der Waals surface area contributed by atoms with Crippen LogP contribution in [0.4, 0.5) is 0 Å². The number of rotatable bonds is 4. The summed E-state index contributed by atoms with van der Waals surface area (Å²) in [5.74, 6) is 0.0416. The molecule has 1 aliphatic heterocycles. The SMILES string of the molecule is C[C@]1(c2ccccc2)CCCN(C(=O)CCn2ccc(=O)[nH]c2=O)C1. The van der Waals surface area contributed by atoms with Crippen LogP contribution in [0.1, 0.15) is 31.7 Å². The Balaban J connectivity index is 1.66. The van der Waals surface area contributed by atoms with Crippen molar-refractivity contribution >= 4 is 5.91 Å². The second kappa shape index (κ2) is 7.09. The van der Waals surface area contributed by atoms with Crippen LogP contribution in [-0.4, -0.2) is 33.4 Å². The molecule has 2 aromatic rings. The number of aromatic amines is 1. The largest absolute Gasteiger partial charge is 0.342 e. The Morgan fingerprint density at radius 1 is 1.20 bits per heavy atom. The molecule has 1 saturated heterocycles. The molecule has 132 valence electrons. The molecule has 6 heteroatoms. The Labute approximate surface area is 146 Å². The molecule has 0 spiro atoms. The summed E-state index contributed by atoms with van der Waals surface area (Å²) < 4.78 is 1.36. The van der Waals surface area contributed by atoms with Gasteiger partial charge in [0.05, 0.1) is 0 Å². The number of piperidine rings is 1. The molecule has 0 unspecified atom stereocenters. The standard InChI is InChI=1S/C19H23N3O3/c1-19(15-6-3-2-4-7-15)10-5-11-22(14-19)17(24)9-13-21-12-8-16(23)20-18(21)25/h2-4,6-8,12H,5,9-11,13-14H2,1H3,(H,20,23,25)/t19-/m0/s1. The fourth-order valence-corrected chi connectivity index (χ4v) is 3.52. The number of H-pyrrole nitrogens is 1. The van der Waals surface area contributed by atoms with E-state index in [4.69, 9.17) is 0 Å². The van der Waals surface area contributed by atoms with E-state index in [-0.39, 0.29) is 24.3 Å². The second-order valence-electron chi connectivity index (χ2n) is 6.90. The smallest absolute Gasteiger partial charge is 0.328 e. The van der Waals surface area contributed by atoms with Gasteiger partial charge in [-0.1, -0.05) is 37.3 Å². The summed E-state index contributed by atoms with van der Waals surface area (Å²) in [6.07, 6.45) is 3.70. The van der Waals surface area contributed by atoms with E-state index in [1.807, 2.05) is 23.1 Å². The van der Waals surface area contributed by atoms with Crippen molar-refractivity contribution in [2.75, 3.05) is 13.1 Å². The number of aromatic nitrogens is 2. The Hall–Kier alpha value is -2.63. The summed E-state index contributed by atoms with van der Waals surface area (Å²) in [6.45, 7) is 3.92. The molecule has 2 heterocycles. The van der Waals surface area contributed by atoms with Crippen molar-refractivity contribution in [2.24, 2.45) is 0 Å². The third-order valence-corrected chi connectivity index (χ3v) is 4.98. The zero-order chi connectivity index (χ0) is 17.9. The lowest BCUT2D eigenvalue weighted by molar-refractivity contribution is -0.133. The van der Waals surface area contributed by atoms with Crippen LogP contribution in [0.15, 0.2) is 52.2 Å². The van der Waals surface area contributed by atoms with Gasteiger partial charge in [0, 0.05) is 43.7 Å². The van der Waals surface area contributed by atoms with Crippen LogP contribution in [0, 0.1) is 0 Å². The maximum Gasteiger partial charge on any atom is 0.328 e. The van der Waals surface area contributed by atoms with E-state index < -0.39 is 11.2 Å². The van der Waals surface area contributed by atoms with Crippen LogP contribution < -0.4 is 11.2 Å². The van der Waals surface area contributed by atoms with Crippen molar-refractivity contribution < 1.29 is 4.79 Å². The molecule has 1 fully saturated rings. The van der Waals surface area contributed by atoms with Crippen molar-refractivity contribution in [3.63, 3.8) is 0 Å². The highest BCUT2D eigenvalue weighted by molar-refractivity contribution is 5.76. The minimum atomic E-state index is -0.479. The van der Waals surface area contributed by atoms with Gasteiger partial charge in [-0.25, -0.2) is 4.79 Å². The van der Waals surface area contributed by atoms with Gasteiger partial charge in [0.2, 0.25) is 5.91 Å². The molecule has 1 aliphatic rings. The number of amides is 1. The molecule has 3 rings (SSSR count). The molecule has 1 aromatic carbocycles. The number of carbonyl (C=O) groups excluding carboxylic acids is 1. The number of hydrogen-bond donors (Lipinski definition) is 1. The third kappa shape index (κ3) is 3.90. The molecule has 1 N–H and O–H groups in total. The van der Waals surface area contributed by atoms with Crippen molar-refractivity contribution in [2.45, 2.75) is 38.1 Å². The summed E-state index contributed by atoms with van der Waals surface area (Å²) in [6, 6.07) is 11.6. The quantitative estimate of drug-likeness (QED) is 0.916. The predicted molar refractivity (Wildman–Crippen MR) is 95.5 cm³/mol. The van der Waals surface area contributed by atoms with Crippen LogP contribution in [-0.2, 0) is 16.8 Å². The Bertz CT molecular complexity index is 856. The Morgan fingerprint density at radius 3 is 2.68 bits per heavy atom. The second-order valence-corrected chi connectivity index (χ2v) is 6.90. The van der Waals surface area contributed by atoms with Crippen LogP contribution in [0.2, 0.25) is 0 Å². The van der Waals surface area contributed by atoms with E-state index in [1.165, 1.54) is 22.4 Å². The fourth-order valence-electron chi connectivity index (χ4n) is 3.52. The van der Waals surface area contributed by atoms with E-state index in [0.29, 0.717) is 6.54 Å². The van der Waals surface area contributed by atoms with Crippen LogP contribution in [0.25, 0.3) is 0 Å². The van der Waals surface area contributed by atoms with E-state index in [1.54, 1.807) is 0 Å². The molecule has 1 atom stereocenters. The van der Waals surface area contributed by atoms with E-state index >= 15 is 0 Å². The summed E-state index contributed by atoms with van der Waals surface area (Å²) in [4.78, 5) is 39.5. The molecular weight excluding hydrogens is 318 g/mol. The molecular formula is C19H23N3O3. The minimum absolute atomic E-state index is 0.0377. The lowest BCUT2D eigenvalue weighted by Crippen LogP contribution is -2.47. The third-order valence-electron chi connectivity index (χ3n) is 4.98. The minimum Gasteiger partial charge on any atom is -0.342 e. The molecule has 1 aromatic heterocycles. The first-order valence-corrected chi connectivity index (χ1v) is 8.61. The van der Waals surface area contributed by atoms with Gasteiger partial charge in [-0.15, -0.1) is 0 Å². The number of nitrogens with zero attached hydrogens (tertiary/aromatic N) is 2. The van der Waals surface area contributed by atoms with Gasteiger partial charge >= 0.3 is 5.69 Å². The Kier molecular flexibility index (Phi) is 4.88. The van der Waals surface area contributed by atoms with Crippen LogP contribution >= 0.6 is 0 Å². The lowest BCUT2D eigenvalue weighted by Gasteiger charge is -2.41. The Morgan fingerprint density at radius 2 is 1.96 bits per heavy atom. The van der Waals surface area contributed by atoms with Gasteiger partial charge in [-0.2, -0.15) is 0 Å². The summed E-state index contributed by atoms with van der Waals surface area (Å²) in [7, 11) is 0. The zero-order valence-electron chi connectivity index (χ0n) is 14.4. The summed E-state index contributed by atoms with van der Waals surface area (Å²) in [5.41, 5.74) is 0.309. The highest BCUT2D eigenvalue weighted by Crippen LogP contribution is 2.33. The van der Waals surface area contributed by atoms with Crippen LogP contribution in [0.3, 0.4) is 0 Å². The first-order valence-electron chi connectivity index (χ1n) is 8.61. The van der Waals surface area contributed by atoms with Crippen LogP contribution in [0.5, 0.6) is 0 Å². The van der Waals surface area contributed by atoms with Gasteiger partial charge in [0.15, 0.2) is 0 Å². The molecule has 0 bridgehead atoms. The highest BCUT2D eigenvalue weighted by Gasteiger charge is 2.34. The van der Waals surface area contributed by atoms with E-state index in [9.17, 15) is 14.4 Å². The average molecular weight is 341 g/mol. The summed E-state index contributed by atoms with van der Waals surface area (Å²) >= 11 is 0. The normalized spacial score (nSPS) is 20.4. The van der Waals surface area contributed by atoms with Crippen molar-refractivity contribution in [3.05, 3.63) is 69.0 Å². The van der Waals surface area contributed by atoms with E-state index in [0.717, 1.165) is 19.4 Å². The topological polar surface area (TPSA) is 75.2 Å². The number of aryl methyl sites for hydroxylation is 1. The maximum absolute atomic E-state index is 12.6. The average Bonchev–Trinajstić information content (AvgIpc) is 2.61. The van der Waals surface area contributed by atoms with Gasteiger partial charge in [0.25, 0.3) is 5.56 Å². The van der Waals surface area contributed by atoms with E-state index in [2.05, 4.69) is 24.0 Å². The van der Waals surface area contributed by atoms with Crippen molar-refractivity contribution in [3.8, 4) is 0 Å². The molecule has 1 amide bonds. The molecule has 0 saturated carbocycles. The molecule has 0 radical (unpaired) electrons. The number of benzene rings is 1. The van der Waals surface area contributed by atoms with Gasteiger partial charge in [0.1, 0.15) is 0 Å². The molecule has 0 aliphatic carbocycles. The van der Waals surface area contributed by atoms with Crippen molar-refractivity contribution in [1.29, 1.82) is 0 Å². The number of carbonyl (C=O) groups is 1. The van der Waals surface area contributed by atoms with Gasteiger partial charge in [-0.3, -0.25) is 14.6 Å². The lowest BCUT2D eigenvalue weighted by atomic mass is 9.76. The van der Waals surface area contributed by atoms with Gasteiger partial charge < -0.3 is 9.47 Å². The molecule has 25 heavy (non-hydrogen) atoms. The first kappa shape index (κ1) is 17.2. The van der Waals surface area contributed by atoms with Crippen molar-refractivity contribution in [1.82, 2.24) is 14.5 Å². The highest BCUT2D eigenvalue weighted by atomic mass is 16.2. The number of hydrogen-bond acceptors (Lipinski definition) is 3. The van der Waals surface area contributed by atoms with Gasteiger partial charge in [-0.05, 0) is 18.4 Å². The number of nitrogens with one attached hydrogen (secondary N) is 1. The molecule has 6 nitrogen and oxygen atoms in total.